The number of fused-ring (bicyclic) bond motifs is 6. The maximum Gasteiger partial charge on any atom is 0.324 e. The summed E-state index contributed by atoms with van der Waals surface area (Å²) in [6.07, 6.45) is 8.26. The average Bonchev–Trinajstić information content (AvgIpc) is 3.79. The number of carbonyl (C=O) groups excluding carboxylic acids is 3. The van der Waals surface area contributed by atoms with Crippen molar-refractivity contribution >= 4 is 40.0 Å². The van der Waals surface area contributed by atoms with Gasteiger partial charge in [-0.25, -0.2) is 10.4 Å². The summed E-state index contributed by atoms with van der Waals surface area (Å²) in [5.41, 5.74) is 10.3. The molecule has 0 radical (unpaired) electrons. The summed E-state index contributed by atoms with van der Waals surface area (Å²) in [6, 6.07) is 7.22. The molecule has 17 nitrogen and oxygen atoms in total. The molecule has 11 rings (SSSR count). The highest BCUT2D eigenvalue weighted by Gasteiger charge is 2.50. The van der Waals surface area contributed by atoms with Gasteiger partial charge in [0.25, 0.3) is 5.91 Å². The Hall–Kier alpha value is -4.37. The number of pyridine rings is 1. The zero-order valence-electron chi connectivity index (χ0n) is 44.4. The van der Waals surface area contributed by atoms with Crippen LogP contribution in [-0.4, -0.2) is 163 Å². The molecule has 1 saturated carbocycles. The molecule has 6 bridgehead atoms. The van der Waals surface area contributed by atoms with Crippen LogP contribution in [0.4, 0.5) is 0 Å². The number of hydrazine groups is 1. The van der Waals surface area contributed by atoms with E-state index in [0.717, 1.165) is 77.0 Å². The monoisotopic (exact) mass is 1040 g/mol. The number of benzene rings is 1. The van der Waals surface area contributed by atoms with E-state index in [9.17, 15) is 9.59 Å². The molecule has 2 amide bonds. The third-order valence-corrected chi connectivity index (χ3v) is 17.8. The number of esters is 1. The van der Waals surface area contributed by atoms with Crippen molar-refractivity contribution < 1.29 is 42.8 Å². The van der Waals surface area contributed by atoms with Crippen LogP contribution in [0.3, 0.4) is 0 Å². The number of hydrogen-bond acceptors (Lipinski definition) is 15. The SMILES string of the molecule is CO[C@@H](C)c1ncc([C@@H]2CCN(C3CC3)C2)cc1-c1c2c3cc(ccc3n1CCOC1CCOCC1)-c1csc(n1)[C@@H](N1CC(C)(OC)C1)[C@H](NC(=O)[C@@H]1OC[C@@H]1C)C(=O)N1CCC[C@H](N1)C(=O)OCC(C)(C)C2. The molecule has 2 N–H and O–H groups in total. The number of hydrogen-bond donors (Lipinski definition) is 2. The molecule has 0 spiro atoms. The van der Waals surface area contributed by atoms with Gasteiger partial charge in [0.05, 0.1) is 60.8 Å². The van der Waals surface area contributed by atoms with Crippen LogP contribution in [-0.2, 0) is 55.8 Å². The van der Waals surface area contributed by atoms with Gasteiger partial charge in [0.1, 0.15) is 23.2 Å². The van der Waals surface area contributed by atoms with Gasteiger partial charge in [0.15, 0.2) is 0 Å². The van der Waals surface area contributed by atoms with E-state index in [-0.39, 0.29) is 36.5 Å². The second-order valence-electron chi connectivity index (χ2n) is 23.2. The molecule has 7 aliphatic rings. The summed E-state index contributed by atoms with van der Waals surface area (Å²) in [7, 11) is 3.45. The molecule has 6 fully saturated rings. The topological polar surface area (TPSA) is 171 Å². The van der Waals surface area contributed by atoms with Gasteiger partial charge >= 0.3 is 5.97 Å². The minimum Gasteiger partial charge on any atom is -0.464 e. The summed E-state index contributed by atoms with van der Waals surface area (Å²) < 4.78 is 38.9. The first-order valence-electron chi connectivity index (χ1n) is 27.2. The van der Waals surface area contributed by atoms with E-state index >= 15 is 4.79 Å². The van der Waals surface area contributed by atoms with E-state index in [1.165, 1.54) is 34.8 Å². The first-order valence-corrected chi connectivity index (χ1v) is 28.1. The van der Waals surface area contributed by atoms with Crippen molar-refractivity contribution in [2.75, 3.05) is 80.0 Å². The molecule has 3 aromatic heterocycles. The van der Waals surface area contributed by atoms with Crippen molar-refractivity contribution in [1.82, 2.24) is 40.1 Å². The molecule has 18 heteroatoms. The second kappa shape index (κ2) is 21.2. The van der Waals surface area contributed by atoms with Gasteiger partial charge in [-0.1, -0.05) is 26.8 Å². The number of ether oxygens (including phenoxy) is 6. The lowest BCUT2D eigenvalue weighted by atomic mass is 9.83. The van der Waals surface area contributed by atoms with Crippen molar-refractivity contribution in [2.45, 2.75) is 147 Å². The number of likely N-dealkylation sites (tertiary alicyclic amines) is 2. The number of aromatic nitrogens is 3. The number of rotatable bonds is 13. The van der Waals surface area contributed by atoms with Gasteiger partial charge < -0.3 is 38.3 Å². The van der Waals surface area contributed by atoms with Crippen LogP contribution >= 0.6 is 11.3 Å². The van der Waals surface area contributed by atoms with Crippen LogP contribution in [0.2, 0.25) is 0 Å². The highest BCUT2D eigenvalue weighted by atomic mass is 32.1. The lowest BCUT2D eigenvalue weighted by molar-refractivity contribution is -0.166. The Bertz CT molecular complexity index is 2710. The Kier molecular flexibility index (Phi) is 14.8. The van der Waals surface area contributed by atoms with Crippen LogP contribution in [0, 0.1) is 11.3 Å². The maximum absolute atomic E-state index is 15.1. The molecule has 6 aliphatic heterocycles. The highest BCUT2D eigenvalue weighted by Crippen LogP contribution is 2.45. The van der Waals surface area contributed by atoms with Crippen LogP contribution in [0.5, 0.6) is 0 Å². The molecule has 74 heavy (non-hydrogen) atoms. The molecule has 5 saturated heterocycles. The Labute approximate surface area is 439 Å². The minimum absolute atomic E-state index is 0.00150. The summed E-state index contributed by atoms with van der Waals surface area (Å²) in [5.74, 6) is -0.756. The van der Waals surface area contributed by atoms with Crippen molar-refractivity contribution in [3.63, 3.8) is 0 Å². The number of carbonyl (C=O) groups is 3. The number of thiazole rings is 1. The number of amides is 2. The van der Waals surface area contributed by atoms with Gasteiger partial charge in [-0.2, -0.15) is 0 Å². The molecule has 0 unspecified atom stereocenters. The first kappa shape index (κ1) is 51.7. The van der Waals surface area contributed by atoms with E-state index in [1.54, 1.807) is 14.2 Å². The fraction of sp³-hybridized carbons (Fsp3) is 0.661. The fourth-order valence-corrected chi connectivity index (χ4v) is 13.2. The molecular weight excluding hydrogens is 961 g/mol. The first-order chi connectivity index (χ1) is 35.7. The Morgan fingerprint density at radius 3 is 2.57 bits per heavy atom. The van der Waals surface area contributed by atoms with Gasteiger partial charge in [0.2, 0.25) is 5.91 Å². The van der Waals surface area contributed by atoms with E-state index < -0.39 is 41.2 Å². The highest BCUT2D eigenvalue weighted by molar-refractivity contribution is 7.10. The molecular formula is C56H76N8O9S. The average molecular weight is 1040 g/mol. The predicted molar refractivity (Wildman–Crippen MR) is 280 cm³/mol. The van der Waals surface area contributed by atoms with E-state index in [4.69, 9.17) is 38.4 Å². The van der Waals surface area contributed by atoms with Crippen molar-refractivity contribution in [3.8, 4) is 22.5 Å². The van der Waals surface area contributed by atoms with E-state index in [1.807, 2.05) is 13.8 Å². The molecule has 7 atom stereocenters. The Morgan fingerprint density at radius 2 is 1.84 bits per heavy atom. The van der Waals surface area contributed by atoms with Crippen LogP contribution in [0.25, 0.3) is 33.4 Å². The normalized spacial score (nSPS) is 28.3. The van der Waals surface area contributed by atoms with Gasteiger partial charge in [-0.15, -0.1) is 11.3 Å². The zero-order valence-corrected chi connectivity index (χ0v) is 45.2. The molecule has 9 heterocycles. The summed E-state index contributed by atoms with van der Waals surface area (Å²) in [6.45, 7) is 17.0. The molecule has 1 aromatic carbocycles. The van der Waals surface area contributed by atoms with Crippen LogP contribution in [0.15, 0.2) is 35.8 Å². The molecule has 400 valence electrons. The second-order valence-corrected chi connectivity index (χ2v) is 24.1. The number of nitrogens with zero attached hydrogens (tertiary/aromatic N) is 6. The van der Waals surface area contributed by atoms with E-state index in [2.05, 4.69) is 81.7 Å². The van der Waals surface area contributed by atoms with Crippen LogP contribution in [0.1, 0.15) is 119 Å². The largest absolute Gasteiger partial charge is 0.464 e. The molecule has 1 aliphatic carbocycles. The zero-order chi connectivity index (χ0) is 51.5. The van der Waals surface area contributed by atoms with E-state index in [0.29, 0.717) is 88.8 Å². The molecule has 4 aromatic rings. The quantitative estimate of drug-likeness (QED) is 0.138. The summed E-state index contributed by atoms with van der Waals surface area (Å²) in [4.78, 5) is 59.1. The third kappa shape index (κ3) is 10.4. The smallest absolute Gasteiger partial charge is 0.324 e. The Morgan fingerprint density at radius 1 is 1.03 bits per heavy atom. The fourth-order valence-electron chi connectivity index (χ4n) is 12.2. The van der Waals surface area contributed by atoms with Crippen molar-refractivity contribution in [1.29, 1.82) is 0 Å². The summed E-state index contributed by atoms with van der Waals surface area (Å²) in [5, 5.41) is 8.48. The van der Waals surface area contributed by atoms with Gasteiger partial charge in [-0.3, -0.25) is 34.2 Å². The number of cyclic esters (lactones) is 1. The van der Waals surface area contributed by atoms with Crippen molar-refractivity contribution in [3.05, 3.63) is 57.7 Å². The maximum atomic E-state index is 15.1. The number of nitrogens with one attached hydrogen (secondary N) is 2. The number of methoxy groups -OCH3 is 2. The Balaban J connectivity index is 1.07. The summed E-state index contributed by atoms with van der Waals surface area (Å²) >= 11 is 1.48. The standard InChI is InChI=1S/C56H76N8O9S/c1-33-28-72-50(33)51(65)59-47-49(62-30-56(5,31-62)69-7)52-58-44(29-74-52)35-10-13-45-40(23-35)42(25-55(3,4)32-73-54(67)43-9-8-17-64(60-43)53(47)66)48(63(45)19-22-71-39-15-20-70-21-16-39)41-24-37(26-57-46(41)34(2)68-6)36-14-18-61(27-36)38-11-12-38/h10,13,23-24,26,29,33-34,36,38-39,43,47,49-50,60H,8-9,11-12,14-22,25,27-28,30-32H2,1-7H3,(H,59,65)/t33-,34-,36+,43-,47-,49-,50+/m0/s1. The van der Waals surface area contributed by atoms with Crippen LogP contribution < -0.4 is 10.7 Å². The van der Waals surface area contributed by atoms with Crippen molar-refractivity contribution in [2.24, 2.45) is 11.3 Å². The predicted octanol–water partition coefficient (Wildman–Crippen LogP) is 6.58. The third-order valence-electron chi connectivity index (χ3n) is 16.9. The lowest BCUT2D eigenvalue weighted by Gasteiger charge is -2.51. The minimum atomic E-state index is -1.07. The van der Waals surface area contributed by atoms with Gasteiger partial charge in [0, 0.05) is 111 Å². The lowest BCUT2D eigenvalue weighted by Crippen LogP contribution is -2.68. The van der Waals surface area contributed by atoms with Gasteiger partial charge in [-0.05, 0) is 107 Å².